The largest absolute Gasteiger partial charge is 0.341 e. The van der Waals surface area contributed by atoms with E-state index in [-0.39, 0.29) is 11.7 Å². The van der Waals surface area contributed by atoms with Crippen LogP contribution in [0.2, 0.25) is 0 Å². The summed E-state index contributed by atoms with van der Waals surface area (Å²) in [6, 6.07) is 8.32. The van der Waals surface area contributed by atoms with E-state index in [1.54, 1.807) is 0 Å². The van der Waals surface area contributed by atoms with Crippen LogP contribution >= 0.6 is 11.8 Å². The maximum absolute atomic E-state index is 12.6. The number of hydrogen-bond donors (Lipinski definition) is 1. The lowest BCUT2D eigenvalue weighted by Gasteiger charge is -2.28. The zero-order chi connectivity index (χ0) is 21.6. The fourth-order valence-electron chi connectivity index (χ4n) is 3.67. The number of nitrogens with one attached hydrogen (secondary N) is 1. The molecule has 1 fully saturated rings. The first-order valence-electron chi connectivity index (χ1n) is 10.7. The van der Waals surface area contributed by atoms with Crippen molar-refractivity contribution in [1.29, 1.82) is 0 Å². The molecule has 0 bridgehead atoms. The zero-order valence-corrected chi connectivity index (χ0v) is 19.0. The molecule has 0 saturated carbocycles. The fourth-order valence-corrected chi connectivity index (χ4v) is 4.42. The van der Waals surface area contributed by atoms with E-state index in [2.05, 4.69) is 62.1 Å². The lowest BCUT2D eigenvalue weighted by atomic mass is 9.94. The smallest absolute Gasteiger partial charge is 0.232 e. The first-order chi connectivity index (χ1) is 14.5. The number of aromatic nitrogens is 3. The number of carbonyl (C=O) groups excluding carboxylic acids is 1. The topological polar surface area (TPSA) is 63.1 Å². The number of piperidine rings is 1. The molecule has 160 valence electrons. The Morgan fingerprint density at radius 1 is 1.17 bits per heavy atom. The van der Waals surface area contributed by atoms with Crippen molar-refractivity contribution >= 4 is 23.6 Å². The third-order valence-electron chi connectivity index (χ3n) is 5.74. The molecule has 0 spiro atoms. The van der Waals surface area contributed by atoms with Crippen LogP contribution in [-0.4, -0.2) is 45.1 Å². The molecule has 2 heterocycles. The molecular weight excluding hydrogens is 394 g/mol. The second-order valence-electron chi connectivity index (χ2n) is 7.77. The number of thioether (sulfide) groups is 1. The van der Waals surface area contributed by atoms with Gasteiger partial charge in [0.25, 0.3) is 0 Å². The Balaban J connectivity index is 1.82. The van der Waals surface area contributed by atoms with Gasteiger partial charge >= 0.3 is 0 Å². The molecule has 1 aliphatic heterocycles. The van der Waals surface area contributed by atoms with Crippen LogP contribution in [0, 0.1) is 19.3 Å². The maximum atomic E-state index is 12.6. The van der Waals surface area contributed by atoms with Gasteiger partial charge in [0.05, 0.1) is 11.4 Å². The minimum atomic E-state index is -0.582. The van der Waals surface area contributed by atoms with E-state index in [0.29, 0.717) is 18.0 Å². The van der Waals surface area contributed by atoms with E-state index in [1.807, 2.05) is 13.8 Å². The van der Waals surface area contributed by atoms with E-state index in [9.17, 15) is 4.79 Å². The average molecular weight is 426 g/mol. The second-order valence-corrected chi connectivity index (χ2v) is 8.71. The van der Waals surface area contributed by atoms with Gasteiger partial charge in [-0.15, -0.1) is 16.6 Å². The van der Waals surface area contributed by atoms with Crippen molar-refractivity contribution in [2.75, 3.05) is 23.7 Å². The van der Waals surface area contributed by atoms with Crippen molar-refractivity contribution in [3.8, 4) is 18.0 Å². The second kappa shape index (κ2) is 10.0. The number of benzene rings is 1. The highest BCUT2D eigenvalue weighted by molar-refractivity contribution is 7.99. The molecule has 1 aliphatic rings. The van der Waals surface area contributed by atoms with Crippen molar-refractivity contribution in [2.45, 2.75) is 63.6 Å². The zero-order valence-electron chi connectivity index (χ0n) is 18.1. The summed E-state index contributed by atoms with van der Waals surface area (Å²) < 4.78 is 2.07. The monoisotopic (exact) mass is 425 g/mol. The molecule has 1 aromatic heterocycles. The Morgan fingerprint density at radius 2 is 1.83 bits per heavy atom. The van der Waals surface area contributed by atoms with Gasteiger partial charge in [-0.2, -0.15) is 0 Å². The Kier molecular flexibility index (Phi) is 7.43. The minimum Gasteiger partial charge on any atom is -0.341 e. The quantitative estimate of drug-likeness (QED) is 0.512. The lowest BCUT2D eigenvalue weighted by molar-refractivity contribution is -0.119. The van der Waals surface area contributed by atoms with Gasteiger partial charge in [0.15, 0.2) is 5.16 Å². The molecule has 1 aromatic carbocycles. The number of terminal acetylenes is 1. The standard InChI is InChI=1S/C23H31N5OS/c1-5-23(6-2,7-3)24-20(29)17-30-22-26-25-21(27-15-9-8-10-16-27)28(22)19-13-11-18(4)12-14-19/h1,11-14H,6-10,15-17H2,2-4H3,(H,24,29). The van der Waals surface area contributed by atoms with Crippen LogP contribution in [0.3, 0.4) is 0 Å². The minimum absolute atomic E-state index is 0.0837. The van der Waals surface area contributed by atoms with Gasteiger partial charge in [-0.3, -0.25) is 9.36 Å². The Hall–Kier alpha value is -2.46. The summed E-state index contributed by atoms with van der Waals surface area (Å²) >= 11 is 1.39. The molecule has 0 unspecified atom stereocenters. The van der Waals surface area contributed by atoms with Crippen LogP contribution in [0.5, 0.6) is 0 Å². The van der Waals surface area contributed by atoms with Crippen molar-refractivity contribution < 1.29 is 4.79 Å². The van der Waals surface area contributed by atoms with Gasteiger partial charge in [0.1, 0.15) is 5.54 Å². The predicted octanol–water partition coefficient (Wildman–Crippen LogP) is 3.97. The van der Waals surface area contributed by atoms with Gasteiger partial charge in [-0.25, -0.2) is 0 Å². The Labute approximate surface area is 183 Å². The molecule has 0 atom stereocenters. The highest BCUT2D eigenvalue weighted by Gasteiger charge is 2.26. The summed E-state index contributed by atoms with van der Waals surface area (Å²) in [5.74, 6) is 3.76. The molecule has 0 aliphatic carbocycles. The number of anilines is 1. The molecule has 7 heteroatoms. The van der Waals surface area contributed by atoms with Gasteiger partial charge in [0, 0.05) is 13.1 Å². The van der Waals surface area contributed by atoms with E-state index >= 15 is 0 Å². The number of amides is 1. The summed E-state index contributed by atoms with van der Waals surface area (Å²) in [5.41, 5.74) is 1.63. The molecule has 30 heavy (non-hydrogen) atoms. The summed E-state index contributed by atoms with van der Waals surface area (Å²) in [6.45, 7) is 8.02. The average Bonchev–Trinajstić information content (AvgIpc) is 3.21. The summed E-state index contributed by atoms with van der Waals surface area (Å²) in [7, 11) is 0. The highest BCUT2D eigenvalue weighted by atomic mass is 32.2. The molecule has 0 radical (unpaired) electrons. The number of nitrogens with zero attached hydrogens (tertiary/aromatic N) is 4. The molecular formula is C23H31N5OS. The Morgan fingerprint density at radius 3 is 2.43 bits per heavy atom. The van der Waals surface area contributed by atoms with Gasteiger partial charge in [0.2, 0.25) is 11.9 Å². The Bertz CT molecular complexity index is 889. The van der Waals surface area contributed by atoms with Crippen LogP contribution in [-0.2, 0) is 4.79 Å². The SMILES string of the molecule is C#CC(CC)(CC)NC(=O)CSc1nnc(N2CCCCC2)n1-c1ccc(C)cc1. The van der Waals surface area contributed by atoms with E-state index in [4.69, 9.17) is 6.42 Å². The molecule has 1 N–H and O–H groups in total. The van der Waals surface area contributed by atoms with Crippen molar-refractivity contribution in [3.05, 3.63) is 29.8 Å². The highest BCUT2D eigenvalue weighted by Crippen LogP contribution is 2.28. The predicted molar refractivity (Wildman–Crippen MR) is 123 cm³/mol. The van der Waals surface area contributed by atoms with Crippen LogP contribution < -0.4 is 10.2 Å². The summed E-state index contributed by atoms with van der Waals surface area (Å²) in [6.07, 6.45) is 10.7. The van der Waals surface area contributed by atoms with Crippen LogP contribution in [0.15, 0.2) is 29.4 Å². The molecule has 2 aromatic rings. The van der Waals surface area contributed by atoms with Gasteiger partial charge < -0.3 is 10.2 Å². The van der Waals surface area contributed by atoms with E-state index in [1.165, 1.54) is 23.7 Å². The van der Waals surface area contributed by atoms with Crippen LogP contribution in [0.1, 0.15) is 51.5 Å². The van der Waals surface area contributed by atoms with Gasteiger partial charge in [-0.05, 0) is 51.2 Å². The molecule has 1 saturated heterocycles. The van der Waals surface area contributed by atoms with Crippen molar-refractivity contribution in [3.63, 3.8) is 0 Å². The number of carbonyl (C=O) groups is 1. The van der Waals surface area contributed by atoms with Crippen LogP contribution in [0.4, 0.5) is 5.95 Å². The maximum Gasteiger partial charge on any atom is 0.232 e. The number of aryl methyl sites for hydroxylation is 1. The van der Waals surface area contributed by atoms with E-state index in [0.717, 1.165) is 37.6 Å². The van der Waals surface area contributed by atoms with Crippen LogP contribution in [0.25, 0.3) is 5.69 Å². The van der Waals surface area contributed by atoms with Crippen molar-refractivity contribution in [1.82, 2.24) is 20.1 Å². The fraction of sp³-hybridized carbons (Fsp3) is 0.522. The number of rotatable bonds is 8. The number of hydrogen-bond acceptors (Lipinski definition) is 5. The normalized spacial score (nSPS) is 14.4. The van der Waals surface area contributed by atoms with Gasteiger partial charge in [-0.1, -0.05) is 49.2 Å². The molecule has 3 rings (SSSR count). The van der Waals surface area contributed by atoms with E-state index < -0.39 is 5.54 Å². The first-order valence-corrected chi connectivity index (χ1v) is 11.7. The molecule has 6 nitrogen and oxygen atoms in total. The first kappa shape index (κ1) is 22.2. The third-order valence-corrected chi connectivity index (χ3v) is 6.67. The lowest BCUT2D eigenvalue weighted by Crippen LogP contribution is -2.47. The molecule has 1 amide bonds. The summed E-state index contributed by atoms with van der Waals surface area (Å²) in [4.78, 5) is 14.9. The summed E-state index contributed by atoms with van der Waals surface area (Å²) in [5, 5.41) is 12.7. The van der Waals surface area contributed by atoms with Crippen molar-refractivity contribution in [2.24, 2.45) is 0 Å². The third kappa shape index (κ3) is 4.99.